The average Bonchev–Trinajstić information content (AvgIpc) is 3.73. The summed E-state index contributed by atoms with van der Waals surface area (Å²) >= 11 is 6.08. The van der Waals surface area contributed by atoms with E-state index in [9.17, 15) is 5.21 Å². The highest BCUT2D eigenvalue weighted by Gasteiger charge is 2.26. The number of benzene rings is 1. The van der Waals surface area contributed by atoms with E-state index in [1.165, 1.54) is 23.3 Å². The van der Waals surface area contributed by atoms with E-state index in [0.717, 1.165) is 11.1 Å². The molecular weight excluding hydrogens is 511 g/mol. The van der Waals surface area contributed by atoms with Crippen molar-refractivity contribution in [2.45, 2.75) is 12.6 Å². The van der Waals surface area contributed by atoms with Crippen molar-refractivity contribution >= 4 is 11.6 Å². The van der Waals surface area contributed by atoms with E-state index < -0.39 is 11.9 Å². The van der Waals surface area contributed by atoms with Gasteiger partial charge in [0.15, 0.2) is 18.1 Å². The number of hydrogen-bond donors (Lipinski definition) is 0. The number of tetrazole rings is 1. The van der Waals surface area contributed by atoms with Crippen LogP contribution in [0.25, 0.3) is 27.9 Å². The molecular formula is C25H18ClFN10O. The molecule has 0 amide bonds. The molecule has 0 spiro atoms. The van der Waals surface area contributed by atoms with Gasteiger partial charge >= 0.3 is 0 Å². The lowest BCUT2D eigenvalue weighted by molar-refractivity contribution is -0.615. The van der Waals surface area contributed by atoms with E-state index in [1.807, 2.05) is 24.5 Å². The van der Waals surface area contributed by atoms with Crippen LogP contribution in [0.4, 0.5) is 4.39 Å². The lowest BCUT2D eigenvalue weighted by Gasteiger charge is -2.18. The van der Waals surface area contributed by atoms with Crippen LogP contribution in [-0.4, -0.2) is 44.8 Å². The molecule has 0 aliphatic carbocycles. The Kier molecular flexibility index (Phi) is 6.06. The maximum absolute atomic E-state index is 15.3. The fourth-order valence-electron chi connectivity index (χ4n) is 4.28. The summed E-state index contributed by atoms with van der Waals surface area (Å²) in [6, 6.07) is 11.4. The van der Waals surface area contributed by atoms with Crippen LogP contribution >= 0.6 is 11.6 Å². The quantitative estimate of drug-likeness (QED) is 0.230. The van der Waals surface area contributed by atoms with Crippen LogP contribution in [0.2, 0.25) is 5.02 Å². The van der Waals surface area contributed by atoms with Crippen molar-refractivity contribution < 1.29 is 9.12 Å². The third kappa shape index (κ3) is 4.37. The number of hydrogen-bond acceptors (Lipinski definition) is 7. The molecule has 6 rings (SSSR count). The monoisotopic (exact) mass is 528 g/mol. The average molecular weight is 529 g/mol. The zero-order chi connectivity index (χ0) is 26.1. The van der Waals surface area contributed by atoms with Gasteiger partial charge in [-0.25, -0.2) is 4.39 Å². The second-order valence-corrected chi connectivity index (χ2v) is 8.77. The van der Waals surface area contributed by atoms with Crippen molar-refractivity contribution in [3.05, 3.63) is 114 Å². The van der Waals surface area contributed by atoms with Crippen LogP contribution in [-0.2, 0) is 6.54 Å². The van der Waals surface area contributed by atoms with Crippen molar-refractivity contribution in [1.82, 2.24) is 44.8 Å². The minimum absolute atomic E-state index is 0.0879. The summed E-state index contributed by atoms with van der Waals surface area (Å²) in [7, 11) is 0. The molecule has 0 N–H and O–H groups in total. The molecule has 6 aromatic rings. The van der Waals surface area contributed by atoms with Crippen LogP contribution in [0.5, 0.6) is 0 Å². The summed E-state index contributed by atoms with van der Waals surface area (Å²) in [5, 5.41) is 33.3. The minimum atomic E-state index is -0.686. The van der Waals surface area contributed by atoms with Crippen LogP contribution in [0.15, 0.2) is 92.2 Å². The van der Waals surface area contributed by atoms with E-state index >= 15 is 4.39 Å². The molecule has 5 aromatic heterocycles. The fraction of sp³-hybridized carbons (Fsp3) is 0.0800. The second-order valence-electron chi connectivity index (χ2n) is 8.37. The Hall–Kier alpha value is -4.97. The molecule has 0 fully saturated rings. The zero-order valence-corrected chi connectivity index (χ0v) is 20.3. The number of aromatic nitrogens is 10. The SMILES string of the molecule is [O-][n+]1cc(-c2c(-n3cnnn3)ccc(Cl)c2F)ccc1C(Cn1cccn1)n1cc(-c2ccncc2)cn1. The first-order valence-corrected chi connectivity index (χ1v) is 11.8. The number of halogens is 2. The lowest BCUT2D eigenvalue weighted by atomic mass is 10.0. The van der Waals surface area contributed by atoms with E-state index in [0.29, 0.717) is 28.2 Å². The molecule has 1 unspecified atom stereocenters. The van der Waals surface area contributed by atoms with Crippen LogP contribution < -0.4 is 4.73 Å². The Morgan fingerprint density at radius 3 is 2.61 bits per heavy atom. The Bertz CT molecular complexity index is 1690. The number of nitrogens with zero attached hydrogens (tertiary/aromatic N) is 10. The van der Waals surface area contributed by atoms with E-state index in [1.54, 1.807) is 58.4 Å². The van der Waals surface area contributed by atoms with Crippen molar-refractivity contribution in [2.24, 2.45) is 0 Å². The van der Waals surface area contributed by atoms with Gasteiger partial charge in [-0.05, 0) is 52.4 Å². The topological polar surface area (TPSA) is 119 Å². The van der Waals surface area contributed by atoms with Crippen LogP contribution in [0, 0.1) is 11.0 Å². The first-order valence-electron chi connectivity index (χ1n) is 11.5. The van der Waals surface area contributed by atoms with Crippen molar-refractivity contribution in [2.75, 3.05) is 0 Å². The van der Waals surface area contributed by atoms with Crippen LogP contribution in [0.1, 0.15) is 11.7 Å². The second kappa shape index (κ2) is 9.82. The van der Waals surface area contributed by atoms with Gasteiger partial charge in [0.25, 0.3) is 0 Å². The van der Waals surface area contributed by atoms with Gasteiger partial charge in [-0.1, -0.05) is 11.6 Å². The van der Waals surface area contributed by atoms with Gasteiger partial charge < -0.3 is 5.21 Å². The summed E-state index contributed by atoms with van der Waals surface area (Å²) in [5.74, 6) is -0.686. The predicted molar refractivity (Wildman–Crippen MR) is 134 cm³/mol. The summed E-state index contributed by atoms with van der Waals surface area (Å²) in [5.41, 5.74) is 2.96. The Morgan fingerprint density at radius 2 is 1.87 bits per heavy atom. The van der Waals surface area contributed by atoms with E-state index in [4.69, 9.17) is 11.6 Å². The van der Waals surface area contributed by atoms with Gasteiger partial charge in [0.05, 0.1) is 34.6 Å². The molecule has 0 saturated heterocycles. The highest BCUT2D eigenvalue weighted by atomic mass is 35.5. The standard InChI is InChI=1S/C25H18ClFN10O/c26-20-3-5-22(36-16-29-32-33-36)24(25(20)27)18-2-4-21(37(38)14-18)23(15-34-11-1-8-30-34)35-13-19(12-31-35)17-6-9-28-10-7-17/h1-14,16,23H,15H2. The van der Waals surface area contributed by atoms with Gasteiger partial charge in [-0.3, -0.25) is 14.3 Å². The zero-order valence-electron chi connectivity index (χ0n) is 19.6. The summed E-state index contributed by atoms with van der Waals surface area (Å²) in [6.45, 7) is 0.341. The molecule has 1 atom stereocenters. The van der Waals surface area contributed by atoms with Gasteiger partial charge in [-0.2, -0.15) is 19.6 Å². The maximum atomic E-state index is 15.3. The largest absolute Gasteiger partial charge is 0.618 e. The van der Waals surface area contributed by atoms with Gasteiger partial charge in [0.2, 0.25) is 5.69 Å². The minimum Gasteiger partial charge on any atom is -0.618 e. The normalized spacial score (nSPS) is 12.1. The molecule has 0 aliphatic rings. The fourth-order valence-corrected chi connectivity index (χ4v) is 4.43. The molecule has 0 aliphatic heterocycles. The molecule has 0 bridgehead atoms. The van der Waals surface area contributed by atoms with Crippen molar-refractivity contribution in [1.29, 1.82) is 0 Å². The molecule has 13 heteroatoms. The van der Waals surface area contributed by atoms with Crippen molar-refractivity contribution in [3.8, 4) is 27.9 Å². The summed E-state index contributed by atoms with van der Waals surface area (Å²) < 4.78 is 20.7. The molecule has 188 valence electrons. The third-order valence-corrected chi connectivity index (χ3v) is 6.39. The highest BCUT2D eigenvalue weighted by molar-refractivity contribution is 6.31. The molecule has 0 saturated carbocycles. The third-order valence-electron chi connectivity index (χ3n) is 6.10. The Labute approximate surface area is 220 Å². The van der Waals surface area contributed by atoms with Gasteiger partial charge in [-0.15, -0.1) is 5.10 Å². The number of pyridine rings is 2. The first kappa shape index (κ1) is 23.4. The van der Waals surface area contributed by atoms with Gasteiger partial charge in [0.1, 0.15) is 6.33 Å². The molecule has 1 aromatic carbocycles. The van der Waals surface area contributed by atoms with Crippen molar-refractivity contribution in [3.63, 3.8) is 0 Å². The number of rotatable bonds is 7. The summed E-state index contributed by atoms with van der Waals surface area (Å²) in [4.78, 5) is 4.06. The molecule has 11 nitrogen and oxygen atoms in total. The smallest absolute Gasteiger partial charge is 0.219 e. The lowest BCUT2D eigenvalue weighted by Crippen LogP contribution is -2.37. The molecule has 38 heavy (non-hydrogen) atoms. The highest BCUT2D eigenvalue weighted by Crippen LogP contribution is 2.33. The molecule has 0 radical (unpaired) electrons. The van der Waals surface area contributed by atoms with E-state index in [-0.39, 0.29) is 10.6 Å². The molecule has 5 heterocycles. The first-order chi connectivity index (χ1) is 18.6. The van der Waals surface area contributed by atoms with Crippen LogP contribution in [0.3, 0.4) is 0 Å². The van der Waals surface area contributed by atoms with Gasteiger partial charge in [0, 0.05) is 42.6 Å². The Morgan fingerprint density at radius 1 is 1.00 bits per heavy atom. The Balaban J connectivity index is 1.43. The van der Waals surface area contributed by atoms with E-state index in [2.05, 4.69) is 30.7 Å². The summed E-state index contributed by atoms with van der Waals surface area (Å²) in [6.07, 6.45) is 13.1. The maximum Gasteiger partial charge on any atom is 0.219 e. The predicted octanol–water partition coefficient (Wildman–Crippen LogP) is 3.50.